The summed E-state index contributed by atoms with van der Waals surface area (Å²) in [6.45, 7) is 2.24. The van der Waals surface area contributed by atoms with E-state index in [0.717, 1.165) is 30.1 Å². The molecule has 3 heterocycles. The van der Waals surface area contributed by atoms with Crippen LogP contribution in [0.1, 0.15) is 18.2 Å². The van der Waals surface area contributed by atoms with Crippen molar-refractivity contribution in [3.05, 3.63) is 17.1 Å². The van der Waals surface area contributed by atoms with E-state index in [0.29, 0.717) is 6.54 Å². The first kappa shape index (κ1) is 9.33. The molecule has 0 saturated carbocycles. The van der Waals surface area contributed by atoms with Crippen molar-refractivity contribution in [2.75, 3.05) is 13.2 Å². The number of rotatable bonds is 1. The molecule has 5 heteroatoms. The predicted octanol–water partition coefficient (Wildman–Crippen LogP) is 1.52. The van der Waals surface area contributed by atoms with Crippen LogP contribution in [-0.2, 0) is 11.3 Å². The Morgan fingerprint density at radius 2 is 2.60 bits per heavy atom. The predicted molar refractivity (Wildman–Crippen MR) is 60.0 cm³/mol. The van der Waals surface area contributed by atoms with Crippen molar-refractivity contribution in [1.29, 1.82) is 0 Å². The molecule has 0 aliphatic carbocycles. The summed E-state index contributed by atoms with van der Waals surface area (Å²) in [5, 5.41) is 7.84. The highest BCUT2D eigenvalue weighted by Gasteiger charge is 2.23. The van der Waals surface area contributed by atoms with Crippen molar-refractivity contribution in [2.24, 2.45) is 5.73 Å². The highest BCUT2D eigenvalue weighted by molar-refractivity contribution is 7.16. The van der Waals surface area contributed by atoms with Gasteiger partial charge in [-0.05, 0) is 17.9 Å². The average molecular weight is 223 g/mol. The lowest BCUT2D eigenvalue weighted by atomic mass is 10.2. The van der Waals surface area contributed by atoms with Gasteiger partial charge in [0.05, 0.1) is 5.69 Å². The molecular formula is C10H13N3OS. The van der Waals surface area contributed by atoms with Gasteiger partial charge in [-0.15, -0.1) is 11.3 Å². The Morgan fingerprint density at radius 3 is 3.47 bits per heavy atom. The van der Waals surface area contributed by atoms with Gasteiger partial charge >= 0.3 is 0 Å². The first-order chi connectivity index (χ1) is 7.40. The Kier molecular flexibility index (Phi) is 2.23. The second-order valence-corrected chi connectivity index (χ2v) is 4.59. The van der Waals surface area contributed by atoms with Crippen LogP contribution < -0.4 is 5.73 Å². The molecule has 0 amide bonds. The minimum Gasteiger partial charge on any atom is -0.371 e. The van der Waals surface area contributed by atoms with E-state index in [2.05, 4.69) is 21.2 Å². The molecule has 2 aromatic rings. The molecule has 3 rings (SSSR count). The zero-order valence-electron chi connectivity index (χ0n) is 8.35. The van der Waals surface area contributed by atoms with Crippen LogP contribution in [0.4, 0.5) is 0 Å². The normalized spacial score (nSPS) is 21.5. The van der Waals surface area contributed by atoms with E-state index in [4.69, 9.17) is 10.5 Å². The molecule has 2 N–H and O–H groups in total. The number of hydrogen-bond acceptors (Lipinski definition) is 4. The number of aryl methyl sites for hydroxylation is 1. The van der Waals surface area contributed by atoms with Gasteiger partial charge in [-0.3, -0.25) is 4.68 Å². The Morgan fingerprint density at radius 1 is 1.67 bits per heavy atom. The van der Waals surface area contributed by atoms with Gasteiger partial charge in [0.1, 0.15) is 10.9 Å². The molecule has 0 fully saturated rings. The molecule has 0 saturated heterocycles. The van der Waals surface area contributed by atoms with Crippen LogP contribution in [0.25, 0.3) is 10.2 Å². The molecule has 80 valence electrons. The maximum absolute atomic E-state index is 5.74. The lowest BCUT2D eigenvalue weighted by molar-refractivity contribution is 0.0630. The molecule has 0 aromatic carbocycles. The molecule has 1 aliphatic heterocycles. The number of ether oxygens (including phenoxy) is 1. The van der Waals surface area contributed by atoms with Gasteiger partial charge in [-0.25, -0.2) is 0 Å². The fourth-order valence-electron chi connectivity index (χ4n) is 2.08. The summed E-state index contributed by atoms with van der Waals surface area (Å²) >= 11 is 1.67. The van der Waals surface area contributed by atoms with Crippen molar-refractivity contribution < 1.29 is 4.74 Å². The second-order valence-electron chi connectivity index (χ2n) is 3.70. The van der Waals surface area contributed by atoms with Crippen LogP contribution in [0.3, 0.4) is 0 Å². The monoisotopic (exact) mass is 223 g/mol. The number of thiophene rings is 1. The highest BCUT2D eigenvalue weighted by Crippen LogP contribution is 2.31. The van der Waals surface area contributed by atoms with E-state index in [-0.39, 0.29) is 6.10 Å². The van der Waals surface area contributed by atoms with E-state index in [1.54, 1.807) is 11.3 Å². The SMILES string of the molecule is NC[C@@H]1OCCCn2nc3sccc3c21. The van der Waals surface area contributed by atoms with Gasteiger partial charge in [-0.2, -0.15) is 5.10 Å². The third-order valence-corrected chi connectivity index (χ3v) is 3.56. The zero-order valence-corrected chi connectivity index (χ0v) is 9.17. The van der Waals surface area contributed by atoms with Crippen LogP contribution in [0, 0.1) is 0 Å². The minimum atomic E-state index is 0.00657. The molecule has 0 unspecified atom stereocenters. The van der Waals surface area contributed by atoms with E-state index in [1.807, 2.05) is 0 Å². The molecule has 15 heavy (non-hydrogen) atoms. The molecule has 2 aromatic heterocycles. The van der Waals surface area contributed by atoms with E-state index in [1.165, 1.54) is 5.39 Å². The van der Waals surface area contributed by atoms with Crippen molar-refractivity contribution >= 4 is 21.6 Å². The quantitative estimate of drug-likeness (QED) is 0.797. The first-order valence-corrected chi connectivity index (χ1v) is 6.03. The lowest BCUT2D eigenvalue weighted by Crippen LogP contribution is -2.17. The average Bonchev–Trinajstić information content (AvgIpc) is 2.74. The second kappa shape index (κ2) is 3.59. The third kappa shape index (κ3) is 1.39. The number of hydrogen-bond donors (Lipinski definition) is 1. The summed E-state index contributed by atoms with van der Waals surface area (Å²) in [6, 6.07) is 2.11. The minimum absolute atomic E-state index is 0.00657. The molecular weight excluding hydrogens is 210 g/mol. The fraction of sp³-hybridized carbons (Fsp3) is 0.500. The maximum atomic E-state index is 5.74. The zero-order chi connectivity index (χ0) is 10.3. The van der Waals surface area contributed by atoms with Gasteiger partial charge in [-0.1, -0.05) is 0 Å². The molecule has 0 bridgehead atoms. The summed E-state index contributed by atoms with van der Waals surface area (Å²) in [5.41, 5.74) is 6.90. The fourth-order valence-corrected chi connectivity index (χ4v) is 2.86. The summed E-state index contributed by atoms with van der Waals surface area (Å²) in [4.78, 5) is 1.09. The standard InChI is InChI=1S/C10H13N3OS/c11-6-8-9-7-2-5-15-10(7)12-13(9)3-1-4-14-8/h2,5,8H,1,3-4,6,11H2/t8-/m0/s1. The van der Waals surface area contributed by atoms with Crippen molar-refractivity contribution in [2.45, 2.75) is 19.1 Å². The van der Waals surface area contributed by atoms with Crippen LogP contribution >= 0.6 is 11.3 Å². The molecule has 0 spiro atoms. The Bertz CT molecular complexity index is 476. The van der Waals surface area contributed by atoms with Crippen LogP contribution in [0.5, 0.6) is 0 Å². The smallest absolute Gasteiger partial charge is 0.145 e. The van der Waals surface area contributed by atoms with Crippen LogP contribution in [0.2, 0.25) is 0 Å². The Balaban J connectivity index is 2.20. The number of aromatic nitrogens is 2. The summed E-state index contributed by atoms with van der Waals surface area (Å²) in [5.74, 6) is 0. The maximum Gasteiger partial charge on any atom is 0.145 e. The topological polar surface area (TPSA) is 53.1 Å². The lowest BCUT2D eigenvalue weighted by Gasteiger charge is -2.13. The summed E-state index contributed by atoms with van der Waals surface area (Å²) < 4.78 is 7.79. The molecule has 1 aliphatic rings. The molecule has 4 nitrogen and oxygen atoms in total. The number of fused-ring (bicyclic) bond motifs is 3. The van der Waals surface area contributed by atoms with Crippen molar-refractivity contribution in [3.8, 4) is 0 Å². The van der Waals surface area contributed by atoms with Crippen molar-refractivity contribution in [1.82, 2.24) is 9.78 Å². The summed E-state index contributed by atoms with van der Waals surface area (Å²) in [6.07, 6.45) is 1.02. The van der Waals surface area contributed by atoms with E-state index >= 15 is 0 Å². The number of nitrogens with zero attached hydrogens (tertiary/aromatic N) is 2. The third-order valence-electron chi connectivity index (χ3n) is 2.76. The van der Waals surface area contributed by atoms with Gasteiger partial charge in [0, 0.05) is 25.1 Å². The van der Waals surface area contributed by atoms with Gasteiger partial charge < -0.3 is 10.5 Å². The van der Waals surface area contributed by atoms with Crippen LogP contribution in [-0.4, -0.2) is 22.9 Å². The Hall–Kier alpha value is -0.910. The number of nitrogens with two attached hydrogens (primary N) is 1. The van der Waals surface area contributed by atoms with Gasteiger partial charge in [0.25, 0.3) is 0 Å². The first-order valence-electron chi connectivity index (χ1n) is 5.15. The van der Waals surface area contributed by atoms with Crippen molar-refractivity contribution in [3.63, 3.8) is 0 Å². The van der Waals surface area contributed by atoms with Gasteiger partial charge in [0.2, 0.25) is 0 Å². The highest BCUT2D eigenvalue weighted by atomic mass is 32.1. The van der Waals surface area contributed by atoms with Gasteiger partial charge in [0.15, 0.2) is 0 Å². The van der Waals surface area contributed by atoms with E-state index < -0.39 is 0 Å². The molecule has 1 atom stereocenters. The molecule has 0 radical (unpaired) electrons. The Labute approximate surface area is 91.6 Å². The largest absolute Gasteiger partial charge is 0.371 e. The summed E-state index contributed by atoms with van der Waals surface area (Å²) in [7, 11) is 0. The van der Waals surface area contributed by atoms with Crippen LogP contribution in [0.15, 0.2) is 11.4 Å². The van der Waals surface area contributed by atoms with E-state index in [9.17, 15) is 0 Å².